The van der Waals surface area contributed by atoms with Crippen LogP contribution in [0.15, 0.2) is 18.2 Å². The molecule has 1 aromatic rings. The normalized spacial score (nSPS) is 9.80. The highest BCUT2D eigenvalue weighted by molar-refractivity contribution is 6.35. The van der Waals surface area contributed by atoms with E-state index in [1.807, 2.05) is 0 Å². The maximum atomic E-state index is 11.4. The van der Waals surface area contributed by atoms with Gasteiger partial charge in [0.15, 0.2) is 5.78 Å². The lowest BCUT2D eigenvalue weighted by atomic mass is 10.2. The van der Waals surface area contributed by atoms with Crippen molar-refractivity contribution in [1.29, 1.82) is 0 Å². The van der Waals surface area contributed by atoms with Crippen LogP contribution < -0.4 is 0 Å². The molecule has 0 saturated heterocycles. The van der Waals surface area contributed by atoms with Gasteiger partial charge < -0.3 is 4.74 Å². The second-order valence-electron chi connectivity index (χ2n) is 2.94. The summed E-state index contributed by atoms with van der Waals surface area (Å²) in [5.74, 6) is -0.842. The highest BCUT2D eigenvalue weighted by atomic mass is 35.5. The smallest absolute Gasteiger partial charge is 0.338 e. The van der Waals surface area contributed by atoms with E-state index < -0.39 is 5.97 Å². The van der Waals surface area contributed by atoms with Gasteiger partial charge in [-0.2, -0.15) is 0 Å². The zero-order chi connectivity index (χ0) is 11.4. The number of hydrogen-bond donors (Lipinski definition) is 0. The topological polar surface area (TPSA) is 43.4 Å². The van der Waals surface area contributed by atoms with Gasteiger partial charge in [-0.05, 0) is 25.1 Å². The molecular weight excluding hydrogens is 239 g/mol. The van der Waals surface area contributed by atoms with Crippen LogP contribution >= 0.6 is 23.2 Å². The number of benzene rings is 1. The van der Waals surface area contributed by atoms with Crippen LogP contribution in [0.1, 0.15) is 17.3 Å². The summed E-state index contributed by atoms with van der Waals surface area (Å²) in [5.41, 5.74) is 0.230. The fraction of sp³-hybridized carbons (Fsp3) is 0.200. The van der Waals surface area contributed by atoms with Crippen molar-refractivity contribution >= 4 is 35.0 Å². The van der Waals surface area contributed by atoms with E-state index >= 15 is 0 Å². The van der Waals surface area contributed by atoms with Gasteiger partial charge in [-0.1, -0.05) is 23.2 Å². The number of carbonyl (C=O) groups is 2. The average molecular weight is 247 g/mol. The van der Waals surface area contributed by atoms with Gasteiger partial charge >= 0.3 is 5.97 Å². The molecule has 0 spiro atoms. The van der Waals surface area contributed by atoms with Crippen molar-refractivity contribution in [3.8, 4) is 0 Å². The first-order chi connectivity index (χ1) is 6.99. The summed E-state index contributed by atoms with van der Waals surface area (Å²) in [7, 11) is 0. The van der Waals surface area contributed by atoms with Crippen molar-refractivity contribution in [1.82, 2.24) is 0 Å². The molecule has 0 radical (unpaired) electrons. The second kappa shape index (κ2) is 5.14. The molecule has 0 atom stereocenters. The van der Waals surface area contributed by atoms with Gasteiger partial charge in [0.2, 0.25) is 0 Å². The summed E-state index contributed by atoms with van der Waals surface area (Å²) in [4.78, 5) is 21.9. The van der Waals surface area contributed by atoms with Crippen LogP contribution in [0.25, 0.3) is 0 Å². The summed E-state index contributed by atoms with van der Waals surface area (Å²) in [6.45, 7) is 1.08. The monoisotopic (exact) mass is 246 g/mol. The van der Waals surface area contributed by atoms with Crippen LogP contribution in [0.4, 0.5) is 0 Å². The fourth-order valence-corrected chi connectivity index (χ4v) is 1.45. The van der Waals surface area contributed by atoms with E-state index in [9.17, 15) is 9.59 Å². The van der Waals surface area contributed by atoms with Crippen molar-refractivity contribution in [2.24, 2.45) is 0 Å². The third kappa shape index (κ3) is 3.90. The minimum Gasteiger partial charge on any atom is -0.454 e. The molecule has 0 unspecified atom stereocenters. The molecule has 0 bridgehead atoms. The summed E-state index contributed by atoms with van der Waals surface area (Å²) in [5, 5.41) is 0.689. The molecule has 0 saturated carbocycles. The highest BCUT2D eigenvalue weighted by Crippen LogP contribution is 2.19. The highest BCUT2D eigenvalue weighted by Gasteiger charge is 2.09. The SMILES string of the molecule is CC(=O)COC(=O)c1cc(Cl)cc(Cl)c1. The molecule has 1 rings (SSSR count). The fourth-order valence-electron chi connectivity index (χ4n) is 0.922. The number of Topliss-reactive ketones (excluding diaryl/α,β-unsaturated/α-hetero) is 1. The van der Waals surface area contributed by atoms with Crippen LogP contribution in [0, 0.1) is 0 Å². The Kier molecular flexibility index (Phi) is 4.12. The first-order valence-electron chi connectivity index (χ1n) is 4.11. The average Bonchev–Trinajstić information content (AvgIpc) is 2.12. The van der Waals surface area contributed by atoms with Gasteiger partial charge in [0, 0.05) is 10.0 Å². The molecule has 0 N–H and O–H groups in total. The van der Waals surface area contributed by atoms with Crippen LogP contribution in [0.3, 0.4) is 0 Å². The Bertz CT molecular complexity index is 381. The number of hydrogen-bond acceptors (Lipinski definition) is 3. The Labute approximate surface area is 96.9 Å². The molecule has 0 heterocycles. The lowest BCUT2D eigenvalue weighted by Gasteiger charge is -2.03. The summed E-state index contributed by atoms with van der Waals surface area (Å²) in [6, 6.07) is 4.36. The lowest BCUT2D eigenvalue weighted by Crippen LogP contribution is -2.11. The second-order valence-corrected chi connectivity index (χ2v) is 3.81. The number of carbonyl (C=O) groups excluding carboxylic acids is 2. The van der Waals surface area contributed by atoms with Crippen LogP contribution in [0.5, 0.6) is 0 Å². The van der Waals surface area contributed by atoms with Gasteiger partial charge in [0.1, 0.15) is 6.61 Å². The van der Waals surface area contributed by atoms with Gasteiger partial charge in [-0.3, -0.25) is 4.79 Å². The van der Waals surface area contributed by atoms with Crippen molar-refractivity contribution in [2.75, 3.05) is 6.61 Å². The van der Waals surface area contributed by atoms with Gasteiger partial charge in [0.05, 0.1) is 5.56 Å². The number of ketones is 1. The first-order valence-corrected chi connectivity index (χ1v) is 4.87. The van der Waals surface area contributed by atoms with E-state index in [2.05, 4.69) is 0 Å². The van der Waals surface area contributed by atoms with Crippen molar-refractivity contribution in [3.05, 3.63) is 33.8 Å². The zero-order valence-corrected chi connectivity index (χ0v) is 9.43. The Morgan fingerprint density at radius 2 is 1.73 bits per heavy atom. The minimum absolute atomic E-state index is 0.225. The summed E-state index contributed by atoms with van der Waals surface area (Å²) in [6.07, 6.45) is 0. The molecule has 1 aromatic carbocycles. The summed E-state index contributed by atoms with van der Waals surface area (Å²) >= 11 is 11.4. The molecule has 5 heteroatoms. The van der Waals surface area contributed by atoms with Gasteiger partial charge in [-0.25, -0.2) is 4.79 Å². The largest absolute Gasteiger partial charge is 0.454 e. The lowest BCUT2D eigenvalue weighted by molar-refractivity contribution is -0.120. The molecule has 0 aromatic heterocycles. The molecule has 0 aliphatic heterocycles. The number of rotatable bonds is 3. The van der Waals surface area contributed by atoms with Gasteiger partial charge in [-0.15, -0.1) is 0 Å². The van der Waals surface area contributed by atoms with Crippen molar-refractivity contribution in [3.63, 3.8) is 0 Å². The zero-order valence-electron chi connectivity index (χ0n) is 7.92. The molecule has 0 amide bonds. The van der Waals surface area contributed by atoms with Crippen molar-refractivity contribution < 1.29 is 14.3 Å². The van der Waals surface area contributed by atoms with E-state index in [0.29, 0.717) is 10.0 Å². The molecule has 0 aliphatic carbocycles. The molecule has 15 heavy (non-hydrogen) atoms. The Morgan fingerprint density at radius 1 is 1.20 bits per heavy atom. The standard InChI is InChI=1S/C10H8Cl2O3/c1-6(13)5-15-10(14)7-2-8(11)4-9(12)3-7/h2-4H,5H2,1H3. The number of ether oxygens (including phenoxy) is 1. The van der Waals surface area contributed by atoms with E-state index in [-0.39, 0.29) is 18.0 Å². The predicted octanol–water partition coefficient (Wildman–Crippen LogP) is 2.74. The van der Waals surface area contributed by atoms with E-state index in [1.165, 1.54) is 25.1 Å². The Balaban J connectivity index is 2.77. The Hall–Kier alpha value is -1.06. The molecular formula is C10H8Cl2O3. The van der Waals surface area contributed by atoms with Crippen LogP contribution in [-0.2, 0) is 9.53 Å². The van der Waals surface area contributed by atoms with Gasteiger partial charge in [0.25, 0.3) is 0 Å². The molecule has 80 valence electrons. The quantitative estimate of drug-likeness (QED) is 0.771. The predicted molar refractivity (Wildman–Crippen MR) is 57.4 cm³/mol. The molecule has 3 nitrogen and oxygen atoms in total. The molecule has 0 aliphatic rings. The number of esters is 1. The maximum absolute atomic E-state index is 11.4. The number of halogens is 2. The van der Waals surface area contributed by atoms with E-state index in [4.69, 9.17) is 27.9 Å². The third-order valence-corrected chi connectivity index (χ3v) is 1.94. The maximum Gasteiger partial charge on any atom is 0.338 e. The van der Waals surface area contributed by atoms with E-state index in [0.717, 1.165) is 0 Å². The van der Waals surface area contributed by atoms with Crippen molar-refractivity contribution in [2.45, 2.75) is 6.92 Å². The molecule has 0 fully saturated rings. The van der Waals surface area contributed by atoms with E-state index in [1.54, 1.807) is 0 Å². The minimum atomic E-state index is -0.616. The third-order valence-electron chi connectivity index (χ3n) is 1.50. The first kappa shape index (κ1) is 12.0. The summed E-state index contributed by atoms with van der Waals surface area (Å²) < 4.78 is 4.69. The van der Waals surface area contributed by atoms with Crippen LogP contribution in [0.2, 0.25) is 10.0 Å². The van der Waals surface area contributed by atoms with Crippen LogP contribution in [-0.4, -0.2) is 18.4 Å². The Morgan fingerprint density at radius 3 is 2.20 bits per heavy atom.